The number of thiocarbonyl (C=S) groups is 1. The number of amides is 1. The third-order valence-corrected chi connectivity index (χ3v) is 7.18. The molecule has 6 nitrogen and oxygen atoms in total. The van der Waals surface area contributed by atoms with Crippen molar-refractivity contribution in [2.75, 3.05) is 19.1 Å². The van der Waals surface area contributed by atoms with E-state index in [1.165, 1.54) is 0 Å². The highest BCUT2D eigenvalue weighted by molar-refractivity contribution is 7.80. The highest BCUT2D eigenvalue weighted by Gasteiger charge is 2.51. The van der Waals surface area contributed by atoms with Crippen molar-refractivity contribution in [1.29, 1.82) is 0 Å². The number of aromatic amines is 1. The van der Waals surface area contributed by atoms with Crippen molar-refractivity contribution in [3.8, 4) is 11.5 Å². The van der Waals surface area contributed by atoms with Gasteiger partial charge in [-0.05, 0) is 53.7 Å². The minimum absolute atomic E-state index is 0.00222. The van der Waals surface area contributed by atoms with Crippen LogP contribution >= 0.6 is 12.2 Å². The minimum atomic E-state index is -0.391. The fourth-order valence-corrected chi connectivity index (χ4v) is 5.69. The summed E-state index contributed by atoms with van der Waals surface area (Å²) in [5.41, 5.74) is 5.02. The number of benzene rings is 3. The SMILES string of the molecule is COc1ccc([C@@H]2c3[nH]c4ccccc4c3C[C@H]3C(=O)N(c4ccccc4)C(=S)N23)cc1OC. The van der Waals surface area contributed by atoms with Crippen LogP contribution in [0.4, 0.5) is 5.69 Å². The molecule has 1 amide bonds. The molecule has 0 bridgehead atoms. The number of rotatable bonds is 4. The average Bonchev–Trinajstić information content (AvgIpc) is 3.37. The molecule has 7 heteroatoms. The number of para-hydroxylation sites is 2. The van der Waals surface area contributed by atoms with Crippen molar-refractivity contribution in [3.05, 3.63) is 89.6 Å². The number of hydrogen-bond donors (Lipinski definition) is 1. The van der Waals surface area contributed by atoms with Gasteiger partial charge in [0.25, 0.3) is 5.91 Å². The number of nitrogens with zero attached hydrogens (tertiary/aromatic N) is 2. The lowest BCUT2D eigenvalue weighted by atomic mass is 9.88. The maximum atomic E-state index is 13.8. The van der Waals surface area contributed by atoms with Crippen LogP contribution in [0.15, 0.2) is 72.8 Å². The van der Waals surface area contributed by atoms with E-state index in [9.17, 15) is 4.79 Å². The zero-order valence-electron chi connectivity index (χ0n) is 18.8. The van der Waals surface area contributed by atoms with Gasteiger partial charge in [-0.1, -0.05) is 42.5 Å². The number of aromatic nitrogens is 1. The number of methoxy groups -OCH3 is 2. The Balaban J connectivity index is 1.56. The Kier molecular flexibility index (Phi) is 4.81. The maximum absolute atomic E-state index is 13.8. The van der Waals surface area contributed by atoms with E-state index in [1.54, 1.807) is 19.1 Å². The highest BCUT2D eigenvalue weighted by atomic mass is 32.1. The number of H-pyrrole nitrogens is 1. The molecule has 0 aliphatic carbocycles. The first-order valence-electron chi connectivity index (χ1n) is 11.1. The summed E-state index contributed by atoms with van der Waals surface area (Å²) in [4.78, 5) is 21.1. The largest absolute Gasteiger partial charge is 0.493 e. The third kappa shape index (κ3) is 2.93. The Morgan fingerprint density at radius 1 is 0.941 bits per heavy atom. The Morgan fingerprint density at radius 3 is 2.44 bits per heavy atom. The van der Waals surface area contributed by atoms with Crippen LogP contribution in [0.2, 0.25) is 0 Å². The topological polar surface area (TPSA) is 57.8 Å². The molecule has 34 heavy (non-hydrogen) atoms. The molecule has 2 aliphatic rings. The first-order valence-corrected chi connectivity index (χ1v) is 11.6. The van der Waals surface area contributed by atoms with Crippen LogP contribution in [0.5, 0.6) is 11.5 Å². The molecule has 3 aromatic carbocycles. The zero-order chi connectivity index (χ0) is 23.4. The van der Waals surface area contributed by atoms with Gasteiger partial charge in [0.05, 0.1) is 25.9 Å². The van der Waals surface area contributed by atoms with Gasteiger partial charge in [0.15, 0.2) is 16.6 Å². The summed E-state index contributed by atoms with van der Waals surface area (Å²) < 4.78 is 11.1. The summed E-state index contributed by atoms with van der Waals surface area (Å²) >= 11 is 5.96. The monoisotopic (exact) mass is 469 g/mol. The second-order valence-corrected chi connectivity index (χ2v) is 8.86. The quantitative estimate of drug-likeness (QED) is 0.434. The second kappa shape index (κ2) is 7.88. The lowest BCUT2D eigenvalue weighted by molar-refractivity contribution is -0.120. The van der Waals surface area contributed by atoms with Crippen molar-refractivity contribution in [2.45, 2.75) is 18.5 Å². The number of hydrogen-bond acceptors (Lipinski definition) is 4. The van der Waals surface area contributed by atoms with Crippen molar-refractivity contribution in [2.24, 2.45) is 0 Å². The molecule has 1 saturated heterocycles. The van der Waals surface area contributed by atoms with Crippen LogP contribution < -0.4 is 14.4 Å². The molecule has 1 fully saturated rings. The molecule has 4 aromatic rings. The molecule has 0 unspecified atom stereocenters. The highest BCUT2D eigenvalue weighted by Crippen LogP contribution is 2.46. The van der Waals surface area contributed by atoms with Crippen LogP contribution in [0.25, 0.3) is 10.9 Å². The molecule has 1 N–H and O–H groups in total. The molecule has 170 valence electrons. The molecule has 3 heterocycles. The lowest BCUT2D eigenvalue weighted by Crippen LogP contribution is -2.44. The smallest absolute Gasteiger partial charge is 0.256 e. The van der Waals surface area contributed by atoms with E-state index in [0.29, 0.717) is 23.0 Å². The normalized spacial score (nSPS) is 19.4. The Bertz CT molecular complexity index is 1430. The van der Waals surface area contributed by atoms with E-state index < -0.39 is 6.04 Å². The summed E-state index contributed by atoms with van der Waals surface area (Å²) in [6, 6.07) is 23.1. The molecule has 0 spiro atoms. The molecule has 0 saturated carbocycles. The summed E-state index contributed by atoms with van der Waals surface area (Å²) in [7, 11) is 3.25. The van der Waals surface area contributed by atoms with E-state index in [4.69, 9.17) is 21.7 Å². The van der Waals surface area contributed by atoms with Crippen molar-refractivity contribution >= 4 is 39.8 Å². The second-order valence-electron chi connectivity index (χ2n) is 8.50. The van der Waals surface area contributed by atoms with Gasteiger partial charge in [0, 0.05) is 23.0 Å². The van der Waals surface area contributed by atoms with Gasteiger partial charge in [-0.2, -0.15) is 0 Å². The standard InChI is InChI=1S/C27H23N3O3S/c1-32-22-13-12-16(14-23(22)33-2)25-24-19(18-10-6-7-11-20(18)28-24)15-21-26(31)29(27(34)30(21)25)17-8-4-3-5-9-17/h3-14,21,25,28H,15H2,1-2H3/t21-,25+/m0/s1. The van der Waals surface area contributed by atoms with E-state index in [2.05, 4.69) is 22.0 Å². The Labute approximate surface area is 202 Å². The van der Waals surface area contributed by atoms with Gasteiger partial charge in [-0.25, -0.2) is 0 Å². The molecule has 2 aliphatic heterocycles. The summed E-state index contributed by atoms with van der Waals surface area (Å²) in [5.74, 6) is 1.29. The first kappa shape index (κ1) is 20.7. The number of nitrogens with one attached hydrogen (secondary N) is 1. The zero-order valence-corrected chi connectivity index (χ0v) is 19.6. The number of carbonyl (C=O) groups excluding carboxylic acids is 1. The fourth-order valence-electron chi connectivity index (χ4n) is 5.26. The van der Waals surface area contributed by atoms with Crippen molar-refractivity contribution in [3.63, 3.8) is 0 Å². The van der Waals surface area contributed by atoms with E-state index in [1.807, 2.05) is 60.7 Å². The maximum Gasteiger partial charge on any atom is 0.256 e. The predicted octanol–water partition coefficient (Wildman–Crippen LogP) is 4.83. The van der Waals surface area contributed by atoms with E-state index in [-0.39, 0.29) is 11.9 Å². The van der Waals surface area contributed by atoms with Crippen LogP contribution in [0.3, 0.4) is 0 Å². The first-order chi connectivity index (χ1) is 16.6. The summed E-state index contributed by atoms with van der Waals surface area (Å²) in [6.45, 7) is 0. The van der Waals surface area contributed by atoms with Gasteiger partial charge in [0.2, 0.25) is 0 Å². The fraction of sp³-hybridized carbons (Fsp3) is 0.185. The molecule has 1 aromatic heterocycles. The number of carbonyl (C=O) groups is 1. The van der Waals surface area contributed by atoms with Gasteiger partial charge in [-0.3, -0.25) is 9.69 Å². The molecule has 0 radical (unpaired) electrons. The number of anilines is 1. The summed E-state index contributed by atoms with van der Waals surface area (Å²) in [6.07, 6.45) is 0.589. The Hall–Kier alpha value is -3.84. The number of fused-ring (bicyclic) bond motifs is 4. The van der Waals surface area contributed by atoms with Crippen LogP contribution in [-0.4, -0.2) is 41.2 Å². The lowest BCUT2D eigenvalue weighted by Gasteiger charge is -2.37. The van der Waals surface area contributed by atoms with Gasteiger partial charge in [-0.15, -0.1) is 0 Å². The van der Waals surface area contributed by atoms with Crippen LogP contribution in [0, 0.1) is 0 Å². The molecular formula is C27H23N3O3S. The van der Waals surface area contributed by atoms with E-state index in [0.717, 1.165) is 33.4 Å². The Morgan fingerprint density at radius 2 is 1.68 bits per heavy atom. The van der Waals surface area contributed by atoms with Crippen molar-refractivity contribution < 1.29 is 14.3 Å². The average molecular weight is 470 g/mol. The van der Waals surface area contributed by atoms with Gasteiger partial charge in [0.1, 0.15) is 6.04 Å². The van der Waals surface area contributed by atoms with Gasteiger partial charge < -0.3 is 19.4 Å². The minimum Gasteiger partial charge on any atom is -0.493 e. The van der Waals surface area contributed by atoms with Crippen LogP contribution in [-0.2, 0) is 11.2 Å². The third-order valence-electron chi connectivity index (χ3n) is 6.79. The van der Waals surface area contributed by atoms with Crippen molar-refractivity contribution in [1.82, 2.24) is 9.88 Å². The summed E-state index contributed by atoms with van der Waals surface area (Å²) in [5, 5.41) is 1.64. The molecule has 6 rings (SSSR count). The predicted molar refractivity (Wildman–Crippen MR) is 136 cm³/mol. The number of ether oxygens (including phenoxy) is 2. The van der Waals surface area contributed by atoms with Crippen LogP contribution in [0.1, 0.15) is 22.9 Å². The van der Waals surface area contributed by atoms with Gasteiger partial charge >= 0.3 is 0 Å². The van der Waals surface area contributed by atoms with E-state index >= 15 is 0 Å². The molecular weight excluding hydrogens is 446 g/mol. The molecule has 2 atom stereocenters.